The van der Waals surface area contributed by atoms with Gasteiger partial charge >= 0.3 is 0 Å². The minimum Gasteiger partial charge on any atom is -0.367 e. The zero-order valence-corrected chi connectivity index (χ0v) is 5.00. The van der Waals surface area contributed by atoms with Crippen molar-refractivity contribution in [2.75, 3.05) is 0 Å². The number of fused-ring (bicyclic) bond motifs is 2. The highest BCUT2D eigenvalue weighted by atomic mass is 16.5. The fourth-order valence-electron chi connectivity index (χ4n) is 1.48. The lowest BCUT2D eigenvalue weighted by Crippen LogP contribution is -2.07. The molecule has 0 amide bonds. The standard InChI is InChI=1S/C7H10O/c1-5-4-6-2-3-7(5)8-6/h2-3,5-7H,4H2,1H3/t5-,6?,7?/m1/s1. The molecule has 2 bridgehead atoms. The summed E-state index contributed by atoms with van der Waals surface area (Å²) in [6.45, 7) is 2.24. The van der Waals surface area contributed by atoms with Gasteiger partial charge in [-0.05, 0) is 12.3 Å². The number of rotatable bonds is 0. The SMILES string of the molecule is C[C@@H]1CC2C=CC1O2. The van der Waals surface area contributed by atoms with Crippen molar-refractivity contribution in [1.82, 2.24) is 0 Å². The van der Waals surface area contributed by atoms with E-state index < -0.39 is 0 Å². The van der Waals surface area contributed by atoms with E-state index in [-0.39, 0.29) is 0 Å². The van der Waals surface area contributed by atoms with Crippen molar-refractivity contribution in [3.8, 4) is 0 Å². The monoisotopic (exact) mass is 110 g/mol. The van der Waals surface area contributed by atoms with Crippen LogP contribution >= 0.6 is 0 Å². The second-order valence-corrected chi connectivity index (χ2v) is 2.74. The fraction of sp³-hybridized carbons (Fsp3) is 0.714. The lowest BCUT2D eigenvalue weighted by atomic mass is 9.97. The summed E-state index contributed by atoms with van der Waals surface area (Å²) in [6.07, 6.45) is 6.51. The number of hydrogen-bond acceptors (Lipinski definition) is 1. The van der Waals surface area contributed by atoms with E-state index in [1.54, 1.807) is 0 Å². The Morgan fingerprint density at radius 3 is 2.62 bits per heavy atom. The van der Waals surface area contributed by atoms with Crippen LogP contribution in [0.5, 0.6) is 0 Å². The van der Waals surface area contributed by atoms with Crippen LogP contribution in [-0.2, 0) is 4.74 Å². The van der Waals surface area contributed by atoms with Crippen molar-refractivity contribution in [2.24, 2.45) is 5.92 Å². The van der Waals surface area contributed by atoms with Crippen LogP contribution in [0.1, 0.15) is 13.3 Å². The third kappa shape index (κ3) is 0.451. The molecule has 0 N–H and O–H groups in total. The zero-order chi connectivity index (χ0) is 5.56. The van der Waals surface area contributed by atoms with Crippen molar-refractivity contribution in [3.63, 3.8) is 0 Å². The predicted octanol–water partition coefficient (Wildman–Crippen LogP) is 1.35. The van der Waals surface area contributed by atoms with Crippen molar-refractivity contribution in [1.29, 1.82) is 0 Å². The Balaban J connectivity index is 2.23. The van der Waals surface area contributed by atoms with Crippen molar-refractivity contribution in [2.45, 2.75) is 25.6 Å². The maximum atomic E-state index is 5.47. The van der Waals surface area contributed by atoms with Crippen LogP contribution in [0.15, 0.2) is 12.2 Å². The van der Waals surface area contributed by atoms with Crippen molar-refractivity contribution in [3.05, 3.63) is 12.2 Å². The first-order chi connectivity index (χ1) is 3.86. The van der Waals surface area contributed by atoms with Crippen LogP contribution in [-0.4, -0.2) is 12.2 Å². The van der Waals surface area contributed by atoms with Gasteiger partial charge in [0, 0.05) is 0 Å². The Hall–Kier alpha value is -0.300. The van der Waals surface area contributed by atoms with Crippen LogP contribution in [0.2, 0.25) is 0 Å². The van der Waals surface area contributed by atoms with Crippen LogP contribution < -0.4 is 0 Å². The molecule has 0 radical (unpaired) electrons. The quantitative estimate of drug-likeness (QED) is 0.428. The lowest BCUT2D eigenvalue weighted by molar-refractivity contribution is 0.111. The molecule has 1 fully saturated rings. The average Bonchev–Trinajstić information content (AvgIpc) is 2.23. The van der Waals surface area contributed by atoms with E-state index >= 15 is 0 Å². The molecule has 1 heteroatoms. The lowest BCUT2D eigenvalue weighted by Gasteiger charge is -2.06. The van der Waals surface area contributed by atoms with Crippen LogP contribution in [0.3, 0.4) is 0 Å². The highest BCUT2D eigenvalue weighted by molar-refractivity contribution is 5.09. The van der Waals surface area contributed by atoms with Gasteiger partial charge < -0.3 is 4.74 Å². The summed E-state index contributed by atoms with van der Waals surface area (Å²) in [4.78, 5) is 0. The van der Waals surface area contributed by atoms with Crippen molar-refractivity contribution < 1.29 is 4.74 Å². The second-order valence-electron chi connectivity index (χ2n) is 2.74. The third-order valence-corrected chi connectivity index (χ3v) is 2.01. The largest absolute Gasteiger partial charge is 0.367 e. The van der Waals surface area contributed by atoms with E-state index in [9.17, 15) is 0 Å². The van der Waals surface area contributed by atoms with Crippen LogP contribution in [0.4, 0.5) is 0 Å². The van der Waals surface area contributed by atoms with Gasteiger partial charge in [0.05, 0.1) is 12.2 Å². The molecule has 1 saturated heterocycles. The summed E-state index contributed by atoms with van der Waals surface area (Å²) in [5.41, 5.74) is 0. The third-order valence-electron chi connectivity index (χ3n) is 2.01. The highest BCUT2D eigenvalue weighted by Crippen LogP contribution is 2.32. The molecule has 0 aliphatic carbocycles. The van der Waals surface area contributed by atoms with Gasteiger partial charge in [-0.1, -0.05) is 19.1 Å². The van der Waals surface area contributed by atoms with Crippen LogP contribution in [0.25, 0.3) is 0 Å². The van der Waals surface area contributed by atoms with Gasteiger partial charge in [-0.3, -0.25) is 0 Å². The molecule has 1 nitrogen and oxygen atoms in total. The van der Waals surface area contributed by atoms with Gasteiger partial charge in [0.25, 0.3) is 0 Å². The maximum Gasteiger partial charge on any atom is 0.0791 e. The summed E-state index contributed by atoms with van der Waals surface area (Å²) in [5, 5.41) is 0. The minimum atomic E-state index is 0.458. The van der Waals surface area contributed by atoms with E-state index in [2.05, 4.69) is 19.1 Å². The van der Waals surface area contributed by atoms with Gasteiger partial charge in [-0.15, -0.1) is 0 Å². The van der Waals surface area contributed by atoms with Crippen LogP contribution in [0, 0.1) is 5.92 Å². The molecule has 8 heavy (non-hydrogen) atoms. The number of hydrogen-bond donors (Lipinski definition) is 0. The zero-order valence-electron chi connectivity index (χ0n) is 5.00. The fourth-order valence-corrected chi connectivity index (χ4v) is 1.48. The molecule has 0 spiro atoms. The van der Waals surface area contributed by atoms with Gasteiger partial charge in [0.15, 0.2) is 0 Å². The molecule has 2 aliphatic rings. The molecule has 0 aromatic carbocycles. The predicted molar refractivity (Wildman–Crippen MR) is 31.6 cm³/mol. The van der Waals surface area contributed by atoms with E-state index in [0.29, 0.717) is 12.2 Å². The molecular weight excluding hydrogens is 100 g/mol. The highest BCUT2D eigenvalue weighted by Gasteiger charge is 2.33. The molecule has 0 saturated carbocycles. The van der Waals surface area contributed by atoms with E-state index in [0.717, 1.165) is 5.92 Å². The Kier molecular flexibility index (Phi) is 0.770. The number of ether oxygens (including phenoxy) is 1. The van der Waals surface area contributed by atoms with E-state index in [1.807, 2.05) is 0 Å². The van der Waals surface area contributed by atoms with E-state index in [1.165, 1.54) is 6.42 Å². The molecule has 0 aromatic rings. The Morgan fingerprint density at radius 2 is 2.38 bits per heavy atom. The molecule has 2 unspecified atom stereocenters. The van der Waals surface area contributed by atoms with Gasteiger partial charge in [-0.25, -0.2) is 0 Å². The Morgan fingerprint density at radius 1 is 1.50 bits per heavy atom. The molecular formula is C7H10O. The molecule has 2 heterocycles. The van der Waals surface area contributed by atoms with Gasteiger partial charge in [0.1, 0.15) is 0 Å². The molecule has 2 aliphatic heterocycles. The van der Waals surface area contributed by atoms with Crippen molar-refractivity contribution >= 4 is 0 Å². The first-order valence-electron chi connectivity index (χ1n) is 3.20. The normalized spacial score (nSPS) is 50.9. The molecule has 2 rings (SSSR count). The summed E-state index contributed by atoms with van der Waals surface area (Å²) in [6, 6.07) is 0. The Bertz CT molecular complexity index is 128. The Labute approximate surface area is 49.3 Å². The minimum absolute atomic E-state index is 0.458. The summed E-state index contributed by atoms with van der Waals surface area (Å²) in [5.74, 6) is 0.769. The summed E-state index contributed by atoms with van der Waals surface area (Å²) >= 11 is 0. The summed E-state index contributed by atoms with van der Waals surface area (Å²) in [7, 11) is 0. The molecule has 0 aromatic heterocycles. The van der Waals surface area contributed by atoms with E-state index in [4.69, 9.17) is 4.74 Å². The first-order valence-corrected chi connectivity index (χ1v) is 3.20. The smallest absolute Gasteiger partial charge is 0.0791 e. The molecule has 3 atom stereocenters. The maximum absolute atomic E-state index is 5.47. The molecule has 44 valence electrons. The summed E-state index contributed by atoms with van der Waals surface area (Å²) < 4.78 is 5.47. The first kappa shape index (κ1) is 4.57. The van der Waals surface area contributed by atoms with Gasteiger partial charge in [-0.2, -0.15) is 0 Å². The topological polar surface area (TPSA) is 9.23 Å². The van der Waals surface area contributed by atoms with Gasteiger partial charge in [0.2, 0.25) is 0 Å². The average molecular weight is 110 g/mol. The second kappa shape index (κ2) is 1.35.